The first-order valence-electron chi connectivity index (χ1n) is 13.5. The van der Waals surface area contributed by atoms with E-state index in [1.54, 1.807) is 0 Å². The number of hydrogen-bond acceptors (Lipinski definition) is 2. The number of fused-ring (bicyclic) bond motifs is 5. The first kappa shape index (κ1) is 23.5. The van der Waals surface area contributed by atoms with Crippen LogP contribution in [0.4, 0.5) is 0 Å². The van der Waals surface area contributed by atoms with Crippen molar-refractivity contribution in [3.8, 4) is 0 Å². The summed E-state index contributed by atoms with van der Waals surface area (Å²) in [5, 5.41) is 11.1. The summed E-state index contributed by atoms with van der Waals surface area (Å²) in [6.45, 7) is 14.7. The molecule has 0 aromatic heterocycles. The van der Waals surface area contributed by atoms with E-state index in [1.807, 2.05) is 6.08 Å². The van der Waals surface area contributed by atoms with Crippen molar-refractivity contribution in [2.24, 2.45) is 52.3 Å². The Labute approximate surface area is 191 Å². The van der Waals surface area contributed by atoms with Gasteiger partial charge >= 0.3 is 0 Å². The van der Waals surface area contributed by atoms with Crippen molar-refractivity contribution in [2.75, 3.05) is 0 Å². The third kappa shape index (κ3) is 3.87. The van der Waals surface area contributed by atoms with Crippen LogP contribution in [0.5, 0.6) is 0 Å². The number of aliphatic hydroxyl groups is 1. The summed E-state index contributed by atoms with van der Waals surface area (Å²) >= 11 is 0. The van der Waals surface area contributed by atoms with Gasteiger partial charge in [-0.05, 0) is 109 Å². The summed E-state index contributed by atoms with van der Waals surface area (Å²) in [6, 6.07) is 0. The second kappa shape index (κ2) is 8.62. The van der Waals surface area contributed by atoms with Gasteiger partial charge in [-0.15, -0.1) is 0 Å². The lowest BCUT2D eigenvalue weighted by molar-refractivity contribution is -0.119. The van der Waals surface area contributed by atoms with Crippen LogP contribution in [-0.4, -0.2) is 17.0 Å². The molecule has 176 valence electrons. The van der Waals surface area contributed by atoms with E-state index in [-0.39, 0.29) is 11.2 Å². The van der Waals surface area contributed by atoms with E-state index in [9.17, 15) is 9.90 Å². The number of carbonyl (C=O) groups excluding carboxylic acids is 1. The third-order valence-electron chi connectivity index (χ3n) is 11.2. The lowest BCUT2D eigenvalue weighted by atomic mass is 9.46. The molecule has 2 nitrogen and oxygen atoms in total. The molecule has 0 unspecified atom stereocenters. The molecule has 0 radical (unpaired) electrons. The molecule has 0 spiro atoms. The van der Waals surface area contributed by atoms with Gasteiger partial charge in [0.25, 0.3) is 0 Å². The molecule has 0 amide bonds. The Kier molecular flexibility index (Phi) is 6.54. The van der Waals surface area contributed by atoms with E-state index in [2.05, 4.69) is 41.5 Å². The molecule has 0 aromatic carbocycles. The first-order chi connectivity index (χ1) is 14.6. The van der Waals surface area contributed by atoms with Crippen LogP contribution < -0.4 is 0 Å². The van der Waals surface area contributed by atoms with Crippen molar-refractivity contribution in [1.29, 1.82) is 0 Å². The lowest BCUT2D eigenvalue weighted by Gasteiger charge is -2.59. The second-order valence-electron chi connectivity index (χ2n) is 12.8. The second-order valence-corrected chi connectivity index (χ2v) is 12.8. The first-order valence-corrected chi connectivity index (χ1v) is 13.5. The fraction of sp³-hybridized carbons (Fsp3) is 0.897. The molecule has 3 saturated carbocycles. The van der Waals surface area contributed by atoms with E-state index in [0.29, 0.717) is 23.7 Å². The van der Waals surface area contributed by atoms with Crippen LogP contribution in [-0.2, 0) is 4.79 Å². The highest BCUT2D eigenvalue weighted by atomic mass is 16.3. The van der Waals surface area contributed by atoms with Gasteiger partial charge in [-0.2, -0.15) is 0 Å². The van der Waals surface area contributed by atoms with Crippen LogP contribution >= 0.6 is 0 Å². The standard InChI is InChI=1S/C29H48O2/c1-7-20(18(2)3)9-8-19(4)23-10-11-24-22-17-27(31)26-16-21(30)12-14-29(26,6)25(22)13-15-28(23,24)5/h16,18-20,22-25,27,31H,7-15,17H2,1-6H3/t19-,20-,22+,23-,24+,25+,27-,28-,29-/m1/s1. The zero-order valence-electron chi connectivity index (χ0n) is 21.1. The smallest absolute Gasteiger partial charge is 0.155 e. The van der Waals surface area contributed by atoms with Gasteiger partial charge < -0.3 is 5.11 Å². The minimum absolute atomic E-state index is 0.0485. The number of aliphatic hydroxyl groups excluding tert-OH is 1. The Morgan fingerprint density at radius 3 is 2.48 bits per heavy atom. The number of hydrogen-bond donors (Lipinski definition) is 1. The molecule has 2 heteroatoms. The fourth-order valence-corrected chi connectivity index (χ4v) is 9.27. The van der Waals surface area contributed by atoms with Crippen molar-refractivity contribution < 1.29 is 9.90 Å². The van der Waals surface area contributed by atoms with E-state index >= 15 is 0 Å². The molecule has 0 bridgehead atoms. The summed E-state index contributed by atoms with van der Waals surface area (Å²) in [7, 11) is 0. The SMILES string of the molecule is CC[C@H](CC[C@@H](C)[C@H]1CC[C@H]2[C@@H]3C[C@@H](O)C4=CC(=O)CC[C@]4(C)[C@H]3CC[C@]12C)C(C)C. The van der Waals surface area contributed by atoms with Gasteiger partial charge in [-0.1, -0.05) is 54.4 Å². The maximum absolute atomic E-state index is 12.1. The molecule has 0 aromatic rings. The van der Waals surface area contributed by atoms with E-state index in [0.717, 1.165) is 48.0 Å². The van der Waals surface area contributed by atoms with Gasteiger partial charge in [0.1, 0.15) is 0 Å². The molecule has 0 saturated heterocycles. The lowest BCUT2D eigenvalue weighted by Crippen LogP contribution is -2.54. The predicted molar refractivity (Wildman–Crippen MR) is 129 cm³/mol. The molecule has 3 fully saturated rings. The Morgan fingerprint density at radius 1 is 1.06 bits per heavy atom. The molecule has 4 rings (SSSR count). The molecule has 0 heterocycles. The van der Waals surface area contributed by atoms with E-state index in [4.69, 9.17) is 0 Å². The van der Waals surface area contributed by atoms with Gasteiger partial charge in [-0.25, -0.2) is 0 Å². The summed E-state index contributed by atoms with van der Waals surface area (Å²) in [4.78, 5) is 12.1. The molecule has 9 atom stereocenters. The van der Waals surface area contributed by atoms with Gasteiger partial charge in [0.15, 0.2) is 5.78 Å². The zero-order valence-corrected chi connectivity index (χ0v) is 21.1. The monoisotopic (exact) mass is 428 g/mol. The maximum atomic E-state index is 12.1. The van der Waals surface area contributed by atoms with Gasteiger partial charge in [0.05, 0.1) is 6.10 Å². The van der Waals surface area contributed by atoms with Crippen molar-refractivity contribution in [3.05, 3.63) is 11.6 Å². The molecular formula is C29H48O2. The molecule has 4 aliphatic carbocycles. The minimum atomic E-state index is -0.398. The van der Waals surface area contributed by atoms with E-state index in [1.165, 1.54) is 44.9 Å². The fourth-order valence-electron chi connectivity index (χ4n) is 9.27. The Morgan fingerprint density at radius 2 is 1.81 bits per heavy atom. The maximum Gasteiger partial charge on any atom is 0.155 e. The Hall–Kier alpha value is -0.630. The van der Waals surface area contributed by atoms with Crippen LogP contribution in [0.2, 0.25) is 0 Å². The Bertz CT molecular complexity index is 708. The summed E-state index contributed by atoms with van der Waals surface area (Å²) < 4.78 is 0. The van der Waals surface area contributed by atoms with Crippen LogP contribution in [0.3, 0.4) is 0 Å². The number of ketones is 1. The summed E-state index contributed by atoms with van der Waals surface area (Å²) in [5.74, 6) is 5.62. The molecular weight excluding hydrogens is 380 g/mol. The topological polar surface area (TPSA) is 37.3 Å². The highest BCUT2D eigenvalue weighted by Gasteiger charge is 2.60. The average molecular weight is 429 g/mol. The molecule has 4 aliphatic rings. The number of carbonyl (C=O) groups is 1. The Balaban J connectivity index is 1.51. The largest absolute Gasteiger partial charge is 0.389 e. The van der Waals surface area contributed by atoms with Crippen LogP contribution in [0, 0.1) is 52.3 Å². The van der Waals surface area contributed by atoms with Gasteiger partial charge in [0, 0.05) is 6.42 Å². The van der Waals surface area contributed by atoms with Gasteiger partial charge in [0.2, 0.25) is 0 Å². The van der Waals surface area contributed by atoms with Crippen molar-refractivity contribution in [3.63, 3.8) is 0 Å². The number of rotatable bonds is 6. The normalized spacial score (nSPS) is 44.3. The van der Waals surface area contributed by atoms with Crippen molar-refractivity contribution in [2.45, 2.75) is 112 Å². The van der Waals surface area contributed by atoms with Crippen LogP contribution in [0.1, 0.15) is 106 Å². The summed E-state index contributed by atoms with van der Waals surface area (Å²) in [5.41, 5.74) is 1.57. The highest BCUT2D eigenvalue weighted by Crippen LogP contribution is 2.67. The predicted octanol–water partition coefficient (Wildman–Crippen LogP) is 7.20. The third-order valence-corrected chi connectivity index (χ3v) is 11.2. The molecule has 0 aliphatic heterocycles. The van der Waals surface area contributed by atoms with Gasteiger partial charge in [-0.3, -0.25) is 4.79 Å². The quantitative estimate of drug-likeness (QED) is 0.485. The van der Waals surface area contributed by atoms with E-state index < -0.39 is 6.10 Å². The van der Waals surface area contributed by atoms with Crippen LogP contribution in [0.25, 0.3) is 0 Å². The molecule has 31 heavy (non-hydrogen) atoms. The van der Waals surface area contributed by atoms with Crippen molar-refractivity contribution >= 4 is 5.78 Å². The van der Waals surface area contributed by atoms with Crippen molar-refractivity contribution in [1.82, 2.24) is 0 Å². The van der Waals surface area contributed by atoms with Crippen LogP contribution in [0.15, 0.2) is 11.6 Å². The highest BCUT2D eigenvalue weighted by molar-refractivity contribution is 5.91. The average Bonchev–Trinajstić information content (AvgIpc) is 3.07. The summed E-state index contributed by atoms with van der Waals surface area (Å²) in [6.07, 6.45) is 13.4. The molecule has 1 N–H and O–H groups in total. The zero-order chi connectivity index (χ0) is 22.6. The minimum Gasteiger partial charge on any atom is -0.389 e.